The van der Waals surface area contributed by atoms with E-state index >= 15 is 0 Å². The van der Waals surface area contributed by atoms with Crippen LogP contribution in [0.4, 0.5) is 0 Å². The van der Waals surface area contributed by atoms with E-state index < -0.39 is 12.0 Å². The summed E-state index contributed by atoms with van der Waals surface area (Å²) in [5.74, 6) is -0.180. The molecule has 0 aliphatic rings. The second-order valence-corrected chi connectivity index (χ2v) is 7.43. The zero-order valence-corrected chi connectivity index (χ0v) is 18.0. The molecule has 164 valence electrons. The number of carbonyl (C=O) groups excluding carboxylic acids is 1. The lowest BCUT2D eigenvalue weighted by Crippen LogP contribution is -2.31. The van der Waals surface area contributed by atoms with Crippen LogP contribution >= 0.6 is 0 Å². The highest BCUT2D eigenvalue weighted by Crippen LogP contribution is 2.23. The molecule has 0 aromatic heterocycles. The molecule has 0 spiro atoms. The Labute approximate surface area is 179 Å². The van der Waals surface area contributed by atoms with E-state index in [0.717, 1.165) is 19.3 Å². The van der Waals surface area contributed by atoms with E-state index in [2.05, 4.69) is 24.4 Å². The van der Waals surface area contributed by atoms with E-state index in [-0.39, 0.29) is 11.6 Å². The van der Waals surface area contributed by atoms with Crippen LogP contribution in [0.1, 0.15) is 54.3 Å². The first-order valence-electron chi connectivity index (χ1n) is 10.6. The van der Waals surface area contributed by atoms with E-state index in [4.69, 9.17) is 15.2 Å². The average Bonchev–Trinajstić information content (AvgIpc) is 2.76. The summed E-state index contributed by atoms with van der Waals surface area (Å²) < 4.78 is 11.0. The van der Waals surface area contributed by atoms with Crippen LogP contribution in [-0.2, 0) is 11.2 Å². The molecule has 2 aromatic carbocycles. The van der Waals surface area contributed by atoms with Crippen molar-refractivity contribution in [1.82, 2.24) is 5.32 Å². The normalized spacial score (nSPS) is 13.0. The fourth-order valence-corrected chi connectivity index (χ4v) is 3.09. The number of aryl methyl sites for hydroxylation is 1. The number of nitrogens with two attached hydrogens (primary N) is 1. The van der Waals surface area contributed by atoms with Crippen LogP contribution in [0.3, 0.4) is 0 Å². The first-order chi connectivity index (χ1) is 14.5. The third-order valence-corrected chi connectivity index (χ3v) is 4.86. The molecule has 2 rings (SSSR count). The quantitative estimate of drug-likeness (QED) is 0.413. The van der Waals surface area contributed by atoms with Crippen LogP contribution in [0.2, 0.25) is 0 Å². The average molecular weight is 415 g/mol. The fraction of sp³-hybridized carbons (Fsp3) is 0.458. The van der Waals surface area contributed by atoms with E-state index in [0.29, 0.717) is 37.7 Å². The lowest BCUT2D eigenvalue weighted by atomic mass is 10.0. The van der Waals surface area contributed by atoms with Gasteiger partial charge in [0, 0.05) is 19.2 Å². The van der Waals surface area contributed by atoms with Crippen molar-refractivity contribution >= 4 is 5.91 Å². The Morgan fingerprint density at radius 2 is 1.90 bits per heavy atom. The highest BCUT2D eigenvalue weighted by molar-refractivity contribution is 5.95. The maximum absolute atomic E-state index is 11.8. The van der Waals surface area contributed by atoms with Crippen molar-refractivity contribution in [2.24, 2.45) is 5.73 Å². The van der Waals surface area contributed by atoms with Gasteiger partial charge in [0.05, 0.1) is 18.3 Å². The SMILES string of the molecule is CCCOCCOc1ccc(C(O)CNC(C)CCc2ccccc2)cc1C(N)=O. The van der Waals surface area contributed by atoms with Crippen LogP contribution in [0, 0.1) is 0 Å². The number of aliphatic hydroxyl groups excluding tert-OH is 1. The number of hydrogen-bond donors (Lipinski definition) is 3. The third kappa shape index (κ3) is 8.14. The van der Waals surface area contributed by atoms with Gasteiger partial charge >= 0.3 is 0 Å². The summed E-state index contributed by atoms with van der Waals surface area (Å²) in [5.41, 5.74) is 7.69. The smallest absolute Gasteiger partial charge is 0.252 e. The number of amides is 1. The molecule has 0 fully saturated rings. The van der Waals surface area contributed by atoms with Crippen LogP contribution in [-0.4, -0.2) is 43.4 Å². The summed E-state index contributed by atoms with van der Waals surface area (Å²) in [5, 5.41) is 13.9. The standard InChI is InChI=1S/C24H34N2O4/c1-3-13-29-14-15-30-23-12-11-20(16-21(23)24(25)28)22(27)17-26-18(2)9-10-19-7-5-4-6-8-19/h4-8,11-12,16,18,22,26-27H,3,9-10,13-15,17H2,1-2H3,(H2,25,28). The minimum Gasteiger partial charge on any atom is -0.490 e. The summed E-state index contributed by atoms with van der Waals surface area (Å²) in [7, 11) is 0. The van der Waals surface area contributed by atoms with Gasteiger partial charge in [0.1, 0.15) is 12.4 Å². The zero-order chi connectivity index (χ0) is 21.8. The Morgan fingerprint density at radius 1 is 1.13 bits per heavy atom. The number of aliphatic hydroxyl groups is 1. The topological polar surface area (TPSA) is 93.8 Å². The highest BCUT2D eigenvalue weighted by Gasteiger charge is 2.15. The van der Waals surface area contributed by atoms with Crippen LogP contribution in [0.5, 0.6) is 5.75 Å². The Hall–Kier alpha value is -2.41. The van der Waals surface area contributed by atoms with Gasteiger partial charge < -0.3 is 25.6 Å². The number of primary amides is 1. The summed E-state index contributed by atoms with van der Waals surface area (Å²) in [6, 6.07) is 15.6. The van der Waals surface area contributed by atoms with Crippen molar-refractivity contribution in [1.29, 1.82) is 0 Å². The van der Waals surface area contributed by atoms with Crippen molar-refractivity contribution in [3.63, 3.8) is 0 Å². The van der Waals surface area contributed by atoms with Crippen molar-refractivity contribution < 1.29 is 19.4 Å². The molecule has 0 saturated heterocycles. The van der Waals surface area contributed by atoms with Gasteiger partial charge in [-0.3, -0.25) is 4.79 Å². The number of nitrogens with one attached hydrogen (secondary N) is 1. The molecule has 6 heteroatoms. The molecule has 0 aliphatic heterocycles. The Kier molecular flexibility index (Phi) is 10.3. The van der Waals surface area contributed by atoms with Gasteiger partial charge in [0.15, 0.2) is 0 Å². The predicted molar refractivity (Wildman–Crippen MR) is 119 cm³/mol. The second-order valence-electron chi connectivity index (χ2n) is 7.43. The summed E-state index contributed by atoms with van der Waals surface area (Å²) >= 11 is 0. The monoisotopic (exact) mass is 414 g/mol. The molecule has 0 heterocycles. The fourth-order valence-electron chi connectivity index (χ4n) is 3.09. The van der Waals surface area contributed by atoms with Crippen LogP contribution < -0.4 is 15.8 Å². The van der Waals surface area contributed by atoms with Crippen molar-refractivity contribution in [2.75, 3.05) is 26.4 Å². The van der Waals surface area contributed by atoms with Gasteiger partial charge in [-0.1, -0.05) is 43.3 Å². The lowest BCUT2D eigenvalue weighted by Gasteiger charge is -2.19. The van der Waals surface area contributed by atoms with E-state index in [1.165, 1.54) is 5.56 Å². The number of benzene rings is 2. The Morgan fingerprint density at radius 3 is 2.60 bits per heavy atom. The molecule has 30 heavy (non-hydrogen) atoms. The third-order valence-electron chi connectivity index (χ3n) is 4.86. The van der Waals surface area contributed by atoms with Crippen LogP contribution in [0.15, 0.2) is 48.5 Å². The number of carbonyl (C=O) groups is 1. The van der Waals surface area contributed by atoms with Gasteiger partial charge in [-0.25, -0.2) is 0 Å². The van der Waals surface area contributed by atoms with Gasteiger partial charge in [-0.15, -0.1) is 0 Å². The maximum Gasteiger partial charge on any atom is 0.252 e. The molecule has 0 bridgehead atoms. The molecular formula is C24H34N2O4. The first kappa shape index (κ1) is 23.9. The van der Waals surface area contributed by atoms with E-state index in [1.807, 2.05) is 25.1 Å². The molecule has 0 saturated carbocycles. The second kappa shape index (κ2) is 13.0. The lowest BCUT2D eigenvalue weighted by molar-refractivity contribution is 0.0955. The number of rotatable bonds is 14. The molecule has 0 radical (unpaired) electrons. The summed E-state index contributed by atoms with van der Waals surface area (Å²) in [6.07, 6.45) is 2.14. The summed E-state index contributed by atoms with van der Waals surface area (Å²) in [4.78, 5) is 11.8. The molecule has 2 unspecified atom stereocenters. The van der Waals surface area contributed by atoms with E-state index in [1.54, 1.807) is 18.2 Å². The van der Waals surface area contributed by atoms with E-state index in [9.17, 15) is 9.90 Å². The highest BCUT2D eigenvalue weighted by atomic mass is 16.5. The van der Waals surface area contributed by atoms with Crippen LogP contribution in [0.25, 0.3) is 0 Å². The van der Waals surface area contributed by atoms with Gasteiger partial charge in [-0.05, 0) is 49.4 Å². The van der Waals surface area contributed by atoms with Crippen molar-refractivity contribution in [2.45, 2.75) is 45.3 Å². The predicted octanol–water partition coefficient (Wildman–Crippen LogP) is 3.24. The molecule has 2 atom stereocenters. The molecule has 2 aromatic rings. The van der Waals surface area contributed by atoms with Crippen molar-refractivity contribution in [3.05, 3.63) is 65.2 Å². The van der Waals surface area contributed by atoms with Gasteiger partial charge in [0.25, 0.3) is 5.91 Å². The minimum atomic E-state index is -0.746. The molecule has 4 N–H and O–H groups in total. The Bertz CT molecular complexity index is 767. The first-order valence-corrected chi connectivity index (χ1v) is 10.6. The number of ether oxygens (including phenoxy) is 2. The van der Waals surface area contributed by atoms with Gasteiger partial charge in [0.2, 0.25) is 0 Å². The van der Waals surface area contributed by atoms with Gasteiger partial charge in [-0.2, -0.15) is 0 Å². The Balaban J connectivity index is 1.86. The minimum absolute atomic E-state index is 0.251. The number of hydrogen-bond acceptors (Lipinski definition) is 5. The molecule has 1 amide bonds. The molecular weight excluding hydrogens is 380 g/mol. The summed E-state index contributed by atoms with van der Waals surface area (Å²) in [6.45, 7) is 5.98. The largest absolute Gasteiger partial charge is 0.490 e. The maximum atomic E-state index is 11.8. The molecule has 6 nitrogen and oxygen atoms in total. The zero-order valence-electron chi connectivity index (χ0n) is 18.0. The van der Waals surface area contributed by atoms with Crippen molar-refractivity contribution in [3.8, 4) is 5.75 Å². The molecule has 0 aliphatic carbocycles.